The molecule has 1 aromatic carbocycles. The second kappa shape index (κ2) is 6.97. The molecule has 0 aromatic heterocycles. The SMILES string of the molecule is C/C=C/C=C/C1CCC(c2ccc(C(F)(F)F)cc2)CC1. The van der Waals surface area contributed by atoms with E-state index in [0.29, 0.717) is 11.8 Å². The van der Waals surface area contributed by atoms with Gasteiger partial charge in [-0.05, 0) is 62.1 Å². The number of allylic oxidation sites excluding steroid dienone is 4. The Labute approximate surface area is 124 Å². The maximum absolute atomic E-state index is 12.5. The number of hydrogen-bond donors (Lipinski definition) is 0. The lowest BCUT2D eigenvalue weighted by Gasteiger charge is -2.27. The van der Waals surface area contributed by atoms with Gasteiger partial charge in [-0.25, -0.2) is 0 Å². The van der Waals surface area contributed by atoms with E-state index in [1.54, 1.807) is 12.1 Å². The number of alkyl halides is 3. The van der Waals surface area contributed by atoms with Crippen LogP contribution < -0.4 is 0 Å². The summed E-state index contributed by atoms with van der Waals surface area (Å²) in [6, 6.07) is 5.69. The van der Waals surface area contributed by atoms with Crippen molar-refractivity contribution in [1.29, 1.82) is 0 Å². The Morgan fingerprint density at radius 1 is 0.952 bits per heavy atom. The summed E-state index contributed by atoms with van der Waals surface area (Å²) in [4.78, 5) is 0. The third-order valence-corrected chi connectivity index (χ3v) is 4.17. The van der Waals surface area contributed by atoms with E-state index >= 15 is 0 Å². The van der Waals surface area contributed by atoms with Crippen LogP contribution in [0.15, 0.2) is 48.6 Å². The Kier molecular flexibility index (Phi) is 5.27. The van der Waals surface area contributed by atoms with Crippen LogP contribution in [0.2, 0.25) is 0 Å². The van der Waals surface area contributed by atoms with Crippen LogP contribution in [0.1, 0.15) is 49.7 Å². The summed E-state index contributed by atoms with van der Waals surface area (Å²) < 4.78 is 37.6. The van der Waals surface area contributed by atoms with Crippen molar-refractivity contribution < 1.29 is 13.2 Å². The summed E-state index contributed by atoms with van der Waals surface area (Å²) in [6.45, 7) is 1.99. The van der Waals surface area contributed by atoms with Crippen molar-refractivity contribution in [3.8, 4) is 0 Å². The molecule has 0 bridgehead atoms. The molecular weight excluding hydrogens is 273 g/mol. The fourth-order valence-electron chi connectivity index (χ4n) is 2.92. The number of rotatable bonds is 3. The van der Waals surface area contributed by atoms with Gasteiger partial charge in [-0.2, -0.15) is 13.2 Å². The fourth-order valence-corrected chi connectivity index (χ4v) is 2.92. The molecule has 0 nitrogen and oxygen atoms in total. The van der Waals surface area contributed by atoms with Gasteiger partial charge in [0.1, 0.15) is 0 Å². The van der Waals surface area contributed by atoms with Crippen molar-refractivity contribution in [3.63, 3.8) is 0 Å². The third-order valence-electron chi connectivity index (χ3n) is 4.17. The van der Waals surface area contributed by atoms with Gasteiger partial charge in [0.05, 0.1) is 5.56 Å². The molecule has 0 N–H and O–H groups in total. The summed E-state index contributed by atoms with van der Waals surface area (Å²) in [6.07, 6.45) is 8.44. The molecule has 1 fully saturated rings. The Morgan fingerprint density at radius 2 is 1.57 bits per heavy atom. The van der Waals surface area contributed by atoms with Crippen LogP contribution in [0.3, 0.4) is 0 Å². The summed E-state index contributed by atoms with van der Waals surface area (Å²) in [5, 5.41) is 0. The first-order chi connectivity index (χ1) is 10.0. The number of hydrogen-bond acceptors (Lipinski definition) is 0. The van der Waals surface area contributed by atoms with E-state index in [9.17, 15) is 13.2 Å². The Balaban J connectivity index is 1.93. The zero-order valence-electron chi connectivity index (χ0n) is 12.2. The number of benzene rings is 1. The first kappa shape index (κ1) is 15.9. The van der Waals surface area contributed by atoms with Crippen molar-refractivity contribution in [2.75, 3.05) is 0 Å². The molecule has 1 saturated carbocycles. The molecule has 0 spiro atoms. The van der Waals surface area contributed by atoms with Crippen LogP contribution in [0.5, 0.6) is 0 Å². The molecule has 0 saturated heterocycles. The highest BCUT2D eigenvalue weighted by Crippen LogP contribution is 2.37. The molecule has 0 atom stereocenters. The van der Waals surface area contributed by atoms with Crippen LogP contribution in [-0.4, -0.2) is 0 Å². The van der Waals surface area contributed by atoms with Gasteiger partial charge >= 0.3 is 6.18 Å². The fraction of sp³-hybridized carbons (Fsp3) is 0.444. The van der Waals surface area contributed by atoms with E-state index in [0.717, 1.165) is 31.2 Å². The van der Waals surface area contributed by atoms with Gasteiger partial charge in [-0.15, -0.1) is 0 Å². The maximum Gasteiger partial charge on any atom is 0.416 e. The first-order valence-corrected chi connectivity index (χ1v) is 7.47. The predicted molar refractivity (Wildman–Crippen MR) is 80.1 cm³/mol. The minimum Gasteiger partial charge on any atom is -0.166 e. The van der Waals surface area contributed by atoms with Crippen LogP contribution in [0.4, 0.5) is 13.2 Å². The summed E-state index contributed by atoms with van der Waals surface area (Å²) in [5.41, 5.74) is 0.480. The molecule has 0 unspecified atom stereocenters. The molecule has 1 aliphatic carbocycles. The molecule has 1 aromatic rings. The van der Waals surface area contributed by atoms with Crippen molar-refractivity contribution >= 4 is 0 Å². The van der Waals surface area contributed by atoms with Gasteiger partial charge in [0.2, 0.25) is 0 Å². The third kappa shape index (κ3) is 4.48. The van der Waals surface area contributed by atoms with Crippen molar-refractivity contribution in [2.24, 2.45) is 5.92 Å². The monoisotopic (exact) mass is 294 g/mol. The highest BCUT2D eigenvalue weighted by atomic mass is 19.4. The average molecular weight is 294 g/mol. The topological polar surface area (TPSA) is 0 Å². The summed E-state index contributed by atoms with van der Waals surface area (Å²) >= 11 is 0. The van der Waals surface area contributed by atoms with E-state index in [1.165, 1.54) is 12.1 Å². The molecule has 2 rings (SSSR count). The van der Waals surface area contributed by atoms with Crippen molar-refractivity contribution in [2.45, 2.75) is 44.7 Å². The Morgan fingerprint density at radius 3 is 2.10 bits per heavy atom. The van der Waals surface area contributed by atoms with Gasteiger partial charge < -0.3 is 0 Å². The van der Waals surface area contributed by atoms with Gasteiger partial charge in [0.15, 0.2) is 0 Å². The largest absolute Gasteiger partial charge is 0.416 e. The number of halogens is 3. The Hall–Kier alpha value is -1.51. The van der Waals surface area contributed by atoms with E-state index in [1.807, 2.05) is 19.1 Å². The van der Waals surface area contributed by atoms with Crippen LogP contribution in [0, 0.1) is 5.92 Å². The highest BCUT2D eigenvalue weighted by Gasteiger charge is 2.30. The summed E-state index contributed by atoms with van der Waals surface area (Å²) in [5.74, 6) is 1.01. The second-order valence-electron chi connectivity index (χ2n) is 5.64. The standard InChI is InChI=1S/C18H21F3/c1-2-3-4-5-14-6-8-15(9-7-14)16-10-12-17(13-11-16)18(19,20)21/h2-5,10-15H,6-9H2,1H3/b3-2+,5-4+. The second-order valence-corrected chi connectivity index (χ2v) is 5.64. The molecule has 3 heteroatoms. The van der Waals surface area contributed by atoms with Crippen LogP contribution in [-0.2, 0) is 6.18 Å². The lowest BCUT2D eigenvalue weighted by atomic mass is 9.78. The minimum absolute atomic E-state index is 0.402. The minimum atomic E-state index is -4.24. The van der Waals surface area contributed by atoms with E-state index < -0.39 is 11.7 Å². The normalized spacial score (nSPS) is 24.0. The van der Waals surface area contributed by atoms with Crippen LogP contribution in [0.25, 0.3) is 0 Å². The van der Waals surface area contributed by atoms with Crippen LogP contribution >= 0.6 is 0 Å². The molecule has 0 heterocycles. The van der Waals surface area contributed by atoms with Gasteiger partial charge in [-0.3, -0.25) is 0 Å². The Bertz CT molecular complexity index is 486. The molecule has 114 valence electrons. The zero-order chi connectivity index (χ0) is 15.3. The molecule has 0 amide bonds. The van der Waals surface area contributed by atoms with E-state index in [4.69, 9.17) is 0 Å². The first-order valence-electron chi connectivity index (χ1n) is 7.47. The van der Waals surface area contributed by atoms with Crippen molar-refractivity contribution in [1.82, 2.24) is 0 Å². The lowest BCUT2D eigenvalue weighted by Crippen LogP contribution is -2.12. The summed E-state index contributed by atoms with van der Waals surface area (Å²) in [7, 11) is 0. The predicted octanol–water partition coefficient (Wildman–Crippen LogP) is 6.11. The van der Waals surface area contributed by atoms with Gasteiger partial charge in [0.25, 0.3) is 0 Å². The quantitative estimate of drug-likeness (QED) is 0.590. The van der Waals surface area contributed by atoms with Crippen molar-refractivity contribution in [3.05, 3.63) is 59.7 Å². The van der Waals surface area contributed by atoms with Gasteiger partial charge in [0, 0.05) is 0 Å². The lowest BCUT2D eigenvalue weighted by molar-refractivity contribution is -0.137. The molecule has 21 heavy (non-hydrogen) atoms. The molecule has 0 radical (unpaired) electrons. The highest BCUT2D eigenvalue weighted by molar-refractivity contribution is 5.27. The zero-order valence-corrected chi connectivity index (χ0v) is 12.2. The van der Waals surface area contributed by atoms with E-state index in [2.05, 4.69) is 12.2 Å². The molecule has 0 aliphatic heterocycles. The maximum atomic E-state index is 12.5. The van der Waals surface area contributed by atoms with E-state index in [-0.39, 0.29) is 0 Å². The average Bonchev–Trinajstić information content (AvgIpc) is 2.48. The molecule has 1 aliphatic rings. The molecular formula is C18H21F3. The smallest absolute Gasteiger partial charge is 0.166 e. The van der Waals surface area contributed by atoms with Gasteiger partial charge in [-0.1, -0.05) is 36.4 Å².